The second-order valence-corrected chi connectivity index (χ2v) is 5.92. The maximum atomic E-state index is 6.14. The van der Waals surface area contributed by atoms with Gasteiger partial charge < -0.3 is 10.2 Å². The first-order chi connectivity index (χ1) is 9.20. The summed E-state index contributed by atoms with van der Waals surface area (Å²) in [6.45, 7) is 4.51. The smallest absolute Gasteiger partial charge is 0.114 e. The zero-order valence-electron chi connectivity index (χ0n) is 10.7. The maximum absolute atomic E-state index is 6.14. The van der Waals surface area contributed by atoms with E-state index < -0.39 is 0 Å². The number of halogens is 2. The van der Waals surface area contributed by atoms with E-state index in [-0.39, 0.29) is 5.41 Å². The van der Waals surface area contributed by atoms with E-state index in [4.69, 9.17) is 28.0 Å². The first kappa shape index (κ1) is 13.2. The Bertz CT molecular complexity index is 520. The van der Waals surface area contributed by atoms with Gasteiger partial charge >= 0.3 is 0 Å². The molecule has 102 valence electrons. The van der Waals surface area contributed by atoms with Gasteiger partial charge in [-0.05, 0) is 37.1 Å². The highest BCUT2D eigenvalue weighted by atomic mass is 35.5. The summed E-state index contributed by atoms with van der Waals surface area (Å²) < 4.78 is 0. The monoisotopic (exact) mass is 298 g/mol. The minimum Gasteiger partial charge on any atom is -0.396 e. The van der Waals surface area contributed by atoms with Crippen LogP contribution in [0.25, 0.3) is 0 Å². The molecule has 5 heteroatoms. The number of nitrogens with zero attached hydrogens (tertiary/aromatic N) is 1. The third-order valence-corrected chi connectivity index (χ3v) is 4.98. The largest absolute Gasteiger partial charge is 0.396 e. The van der Waals surface area contributed by atoms with Crippen molar-refractivity contribution in [3.8, 4) is 0 Å². The van der Waals surface area contributed by atoms with Gasteiger partial charge in [0.15, 0.2) is 0 Å². The highest BCUT2D eigenvalue weighted by molar-refractivity contribution is 6.42. The van der Waals surface area contributed by atoms with Crippen LogP contribution in [0.5, 0.6) is 0 Å². The normalized spacial score (nSPS) is 32.6. The third kappa shape index (κ3) is 2.04. The van der Waals surface area contributed by atoms with Crippen LogP contribution in [0.3, 0.4) is 0 Å². The number of hydrogen-bond acceptors (Lipinski definition) is 3. The Kier molecular flexibility index (Phi) is 3.46. The molecule has 2 fully saturated rings. The van der Waals surface area contributed by atoms with Gasteiger partial charge in [-0.1, -0.05) is 34.4 Å². The highest BCUT2D eigenvalue weighted by Crippen LogP contribution is 2.61. The van der Waals surface area contributed by atoms with Gasteiger partial charge in [-0.25, -0.2) is 0 Å². The molecule has 2 aliphatic rings. The Balaban J connectivity index is 1.87. The minimum absolute atomic E-state index is 0.120. The van der Waals surface area contributed by atoms with Crippen molar-refractivity contribution < 1.29 is 4.84 Å². The van der Waals surface area contributed by atoms with E-state index in [0.717, 1.165) is 13.1 Å². The van der Waals surface area contributed by atoms with Gasteiger partial charge in [0.1, 0.15) is 6.61 Å². The fourth-order valence-electron chi connectivity index (χ4n) is 3.26. The molecule has 1 aromatic rings. The predicted molar refractivity (Wildman–Crippen MR) is 78.1 cm³/mol. The lowest BCUT2D eigenvalue weighted by molar-refractivity contribution is 0.159. The first-order valence-corrected chi connectivity index (χ1v) is 7.27. The fraction of sp³-hybridized carbons (Fsp3) is 0.500. The van der Waals surface area contributed by atoms with Crippen LogP contribution >= 0.6 is 23.2 Å². The lowest BCUT2D eigenvalue weighted by atomic mass is 9.93. The Labute approximate surface area is 122 Å². The Morgan fingerprint density at radius 1 is 1.47 bits per heavy atom. The molecule has 0 radical (unpaired) electrons. The van der Waals surface area contributed by atoms with Crippen LogP contribution in [0.4, 0.5) is 0 Å². The van der Waals surface area contributed by atoms with Crippen molar-refractivity contribution in [2.24, 2.45) is 17.0 Å². The summed E-state index contributed by atoms with van der Waals surface area (Å²) in [5.74, 6) is 1.01. The summed E-state index contributed by atoms with van der Waals surface area (Å²) in [5, 5.41) is 8.69. The SMILES string of the molecule is CCON=CC1C2CNCC12c1ccc(Cl)c(Cl)c1. The van der Waals surface area contributed by atoms with Crippen LogP contribution in [0, 0.1) is 11.8 Å². The van der Waals surface area contributed by atoms with Crippen LogP contribution < -0.4 is 5.32 Å². The quantitative estimate of drug-likeness (QED) is 0.684. The number of nitrogens with one attached hydrogen (secondary N) is 1. The molecule has 3 atom stereocenters. The second-order valence-electron chi connectivity index (χ2n) is 5.10. The second kappa shape index (κ2) is 4.97. The first-order valence-electron chi connectivity index (χ1n) is 6.52. The highest BCUT2D eigenvalue weighted by Gasteiger charge is 2.67. The molecule has 0 bridgehead atoms. The zero-order valence-corrected chi connectivity index (χ0v) is 12.2. The predicted octanol–water partition coefficient (Wildman–Crippen LogP) is 3.10. The molecule has 1 aliphatic heterocycles. The summed E-state index contributed by atoms with van der Waals surface area (Å²) in [5.41, 5.74) is 1.36. The summed E-state index contributed by atoms with van der Waals surface area (Å²) in [4.78, 5) is 5.08. The molecule has 1 saturated heterocycles. The molecule has 3 rings (SSSR count). The van der Waals surface area contributed by atoms with Crippen LogP contribution in [0.15, 0.2) is 23.4 Å². The minimum atomic E-state index is 0.120. The Hall–Kier alpha value is -0.770. The van der Waals surface area contributed by atoms with Gasteiger partial charge in [0.2, 0.25) is 0 Å². The van der Waals surface area contributed by atoms with E-state index in [0.29, 0.717) is 28.5 Å². The van der Waals surface area contributed by atoms with Gasteiger partial charge in [-0.2, -0.15) is 0 Å². The average Bonchev–Trinajstić information content (AvgIpc) is 2.81. The molecule has 1 heterocycles. The van der Waals surface area contributed by atoms with Crippen LogP contribution in [0.2, 0.25) is 10.0 Å². The third-order valence-electron chi connectivity index (χ3n) is 4.24. The number of benzene rings is 1. The number of piperidine rings is 1. The van der Waals surface area contributed by atoms with Crippen molar-refractivity contribution in [2.75, 3.05) is 19.7 Å². The van der Waals surface area contributed by atoms with Crippen molar-refractivity contribution in [3.05, 3.63) is 33.8 Å². The maximum Gasteiger partial charge on any atom is 0.114 e. The van der Waals surface area contributed by atoms with E-state index in [1.165, 1.54) is 5.56 Å². The number of fused-ring (bicyclic) bond motifs is 1. The van der Waals surface area contributed by atoms with E-state index in [9.17, 15) is 0 Å². The molecule has 19 heavy (non-hydrogen) atoms. The molecule has 0 aromatic heterocycles. The van der Waals surface area contributed by atoms with E-state index >= 15 is 0 Å². The molecule has 0 amide bonds. The summed E-state index contributed by atoms with van der Waals surface area (Å²) in [6.07, 6.45) is 1.94. The summed E-state index contributed by atoms with van der Waals surface area (Å²) >= 11 is 12.1. The van der Waals surface area contributed by atoms with Gasteiger partial charge in [-0.3, -0.25) is 0 Å². The van der Waals surface area contributed by atoms with E-state index in [1.54, 1.807) is 0 Å². The van der Waals surface area contributed by atoms with Crippen molar-refractivity contribution in [2.45, 2.75) is 12.3 Å². The van der Waals surface area contributed by atoms with Crippen LogP contribution in [0.1, 0.15) is 12.5 Å². The summed E-state index contributed by atoms with van der Waals surface area (Å²) in [6, 6.07) is 5.93. The van der Waals surface area contributed by atoms with Gasteiger partial charge in [0.05, 0.1) is 10.0 Å². The number of hydrogen-bond donors (Lipinski definition) is 1. The molecule has 1 saturated carbocycles. The van der Waals surface area contributed by atoms with E-state index in [2.05, 4.69) is 16.5 Å². The fourth-order valence-corrected chi connectivity index (χ4v) is 3.56. The molecule has 0 spiro atoms. The van der Waals surface area contributed by atoms with E-state index in [1.807, 2.05) is 25.3 Å². The van der Waals surface area contributed by atoms with Gasteiger partial charge in [0, 0.05) is 24.1 Å². The number of oxime groups is 1. The van der Waals surface area contributed by atoms with Gasteiger partial charge in [-0.15, -0.1) is 0 Å². The van der Waals surface area contributed by atoms with Crippen molar-refractivity contribution >= 4 is 29.4 Å². The molecule has 3 unspecified atom stereocenters. The summed E-state index contributed by atoms with van der Waals surface area (Å²) in [7, 11) is 0. The number of rotatable bonds is 4. The lowest BCUT2D eigenvalue weighted by Gasteiger charge is -2.15. The lowest BCUT2D eigenvalue weighted by Crippen LogP contribution is -2.24. The standard InChI is InChI=1S/C14H16Cl2N2O/c1-2-19-18-7-11-10-6-17-8-14(10,11)9-3-4-12(15)13(16)5-9/h3-5,7,10-11,17H,2,6,8H2,1H3. The zero-order chi connectivity index (χ0) is 13.5. The average molecular weight is 299 g/mol. The topological polar surface area (TPSA) is 33.6 Å². The van der Waals surface area contributed by atoms with Crippen molar-refractivity contribution in [1.29, 1.82) is 0 Å². The Morgan fingerprint density at radius 3 is 3.05 bits per heavy atom. The molecular formula is C14H16Cl2N2O. The molecular weight excluding hydrogens is 283 g/mol. The van der Waals surface area contributed by atoms with Crippen molar-refractivity contribution in [3.63, 3.8) is 0 Å². The van der Waals surface area contributed by atoms with Crippen molar-refractivity contribution in [1.82, 2.24) is 5.32 Å². The van der Waals surface area contributed by atoms with Crippen LogP contribution in [-0.4, -0.2) is 25.9 Å². The van der Waals surface area contributed by atoms with Crippen LogP contribution in [-0.2, 0) is 10.3 Å². The molecule has 1 aliphatic carbocycles. The van der Waals surface area contributed by atoms with Gasteiger partial charge in [0.25, 0.3) is 0 Å². The molecule has 3 nitrogen and oxygen atoms in total. The Morgan fingerprint density at radius 2 is 2.32 bits per heavy atom. The molecule has 1 N–H and O–H groups in total. The molecule has 1 aromatic carbocycles.